The second-order valence-corrected chi connectivity index (χ2v) is 4.75. The van der Waals surface area contributed by atoms with Crippen molar-refractivity contribution in [3.63, 3.8) is 0 Å². The SMILES string of the molecule is C(=N\Nc1nc2ccccc2n2cnnc12)/c1ccccc1. The van der Waals surface area contributed by atoms with Crippen LogP contribution in [0.3, 0.4) is 0 Å². The van der Waals surface area contributed by atoms with Gasteiger partial charge in [-0.1, -0.05) is 42.5 Å². The van der Waals surface area contributed by atoms with E-state index in [4.69, 9.17) is 0 Å². The van der Waals surface area contributed by atoms with Gasteiger partial charge >= 0.3 is 0 Å². The van der Waals surface area contributed by atoms with Crippen molar-refractivity contribution in [2.24, 2.45) is 5.10 Å². The molecule has 0 atom stereocenters. The molecule has 106 valence electrons. The number of nitrogens with zero attached hydrogens (tertiary/aromatic N) is 5. The van der Waals surface area contributed by atoms with Crippen molar-refractivity contribution >= 4 is 28.7 Å². The number of aromatic nitrogens is 4. The first kappa shape index (κ1) is 12.5. The molecule has 0 bridgehead atoms. The van der Waals surface area contributed by atoms with Crippen LogP contribution in [-0.4, -0.2) is 25.8 Å². The Morgan fingerprint density at radius 3 is 2.73 bits per heavy atom. The van der Waals surface area contributed by atoms with E-state index in [2.05, 4.69) is 25.7 Å². The topological polar surface area (TPSA) is 67.5 Å². The normalized spacial score (nSPS) is 11.5. The summed E-state index contributed by atoms with van der Waals surface area (Å²) in [5.74, 6) is 0.573. The molecule has 0 spiro atoms. The van der Waals surface area contributed by atoms with Crippen LogP contribution in [0.25, 0.3) is 16.7 Å². The predicted octanol–water partition coefficient (Wildman–Crippen LogP) is 2.72. The Hall–Kier alpha value is -3.28. The molecule has 0 saturated heterocycles. The Morgan fingerprint density at radius 1 is 1.00 bits per heavy atom. The van der Waals surface area contributed by atoms with Crippen LogP contribution in [-0.2, 0) is 0 Å². The summed E-state index contributed by atoms with van der Waals surface area (Å²) in [5, 5.41) is 12.3. The summed E-state index contributed by atoms with van der Waals surface area (Å²) in [5.41, 5.74) is 6.41. The fourth-order valence-corrected chi connectivity index (χ4v) is 2.29. The zero-order valence-electron chi connectivity index (χ0n) is 11.6. The maximum Gasteiger partial charge on any atom is 0.205 e. The number of anilines is 1. The predicted molar refractivity (Wildman–Crippen MR) is 85.9 cm³/mol. The molecule has 0 saturated carbocycles. The number of fused-ring (bicyclic) bond motifs is 3. The van der Waals surface area contributed by atoms with Gasteiger partial charge in [0, 0.05) is 0 Å². The van der Waals surface area contributed by atoms with Crippen molar-refractivity contribution in [2.45, 2.75) is 0 Å². The van der Waals surface area contributed by atoms with E-state index in [0.717, 1.165) is 16.6 Å². The van der Waals surface area contributed by atoms with Gasteiger partial charge in [0.1, 0.15) is 6.33 Å². The van der Waals surface area contributed by atoms with Gasteiger partial charge in [0.2, 0.25) is 5.65 Å². The molecule has 0 unspecified atom stereocenters. The van der Waals surface area contributed by atoms with Crippen molar-refractivity contribution in [3.8, 4) is 0 Å². The highest BCUT2D eigenvalue weighted by Gasteiger charge is 2.08. The zero-order valence-corrected chi connectivity index (χ0v) is 11.6. The van der Waals surface area contributed by atoms with E-state index in [0.29, 0.717) is 11.5 Å². The Kier molecular flexibility index (Phi) is 2.97. The molecule has 2 aromatic carbocycles. The summed E-state index contributed by atoms with van der Waals surface area (Å²) in [6, 6.07) is 17.7. The van der Waals surface area contributed by atoms with Crippen LogP contribution in [0.15, 0.2) is 66.0 Å². The fourth-order valence-electron chi connectivity index (χ4n) is 2.29. The van der Waals surface area contributed by atoms with Crippen LogP contribution in [0.4, 0.5) is 5.82 Å². The lowest BCUT2D eigenvalue weighted by atomic mass is 10.2. The number of para-hydroxylation sites is 2. The monoisotopic (exact) mass is 288 g/mol. The molecule has 0 fully saturated rings. The third-order valence-electron chi connectivity index (χ3n) is 3.32. The van der Waals surface area contributed by atoms with Crippen molar-refractivity contribution in [3.05, 3.63) is 66.5 Å². The number of nitrogens with one attached hydrogen (secondary N) is 1. The molecular weight excluding hydrogens is 276 g/mol. The molecule has 0 amide bonds. The van der Waals surface area contributed by atoms with Crippen LogP contribution >= 0.6 is 0 Å². The van der Waals surface area contributed by atoms with Gasteiger partial charge in [0.15, 0.2) is 5.82 Å². The zero-order chi connectivity index (χ0) is 14.8. The first-order valence-electron chi connectivity index (χ1n) is 6.84. The highest BCUT2D eigenvalue weighted by molar-refractivity contribution is 5.84. The molecule has 4 aromatic rings. The average Bonchev–Trinajstić information content (AvgIpc) is 3.06. The van der Waals surface area contributed by atoms with Crippen LogP contribution in [0.5, 0.6) is 0 Å². The van der Waals surface area contributed by atoms with Crippen molar-refractivity contribution < 1.29 is 0 Å². The van der Waals surface area contributed by atoms with E-state index >= 15 is 0 Å². The smallest absolute Gasteiger partial charge is 0.205 e. The standard InChI is InChI=1S/C16H12N6/c1-2-6-12(7-3-1)10-17-20-15-16-21-18-11-22(16)14-9-5-4-8-13(14)19-15/h1-11H,(H,19,20)/b17-10+. The molecule has 0 aliphatic carbocycles. The molecule has 0 aliphatic rings. The number of benzene rings is 2. The minimum absolute atomic E-state index is 0.573. The summed E-state index contributed by atoms with van der Waals surface area (Å²) >= 11 is 0. The molecule has 6 heteroatoms. The maximum absolute atomic E-state index is 4.56. The van der Waals surface area contributed by atoms with Crippen LogP contribution in [0.2, 0.25) is 0 Å². The number of hydrogen-bond donors (Lipinski definition) is 1. The van der Waals surface area contributed by atoms with E-state index in [1.165, 1.54) is 0 Å². The molecule has 1 N–H and O–H groups in total. The number of hydrogen-bond acceptors (Lipinski definition) is 5. The van der Waals surface area contributed by atoms with Crippen LogP contribution in [0, 0.1) is 0 Å². The largest absolute Gasteiger partial charge is 0.277 e. The molecular formula is C16H12N6. The molecule has 4 rings (SSSR count). The molecule has 0 radical (unpaired) electrons. The minimum Gasteiger partial charge on any atom is -0.277 e. The van der Waals surface area contributed by atoms with Crippen molar-refractivity contribution in [1.29, 1.82) is 0 Å². The lowest BCUT2D eigenvalue weighted by Crippen LogP contribution is -1.99. The molecule has 2 heterocycles. The van der Waals surface area contributed by atoms with Crippen molar-refractivity contribution in [1.82, 2.24) is 19.6 Å². The summed E-state index contributed by atoms with van der Waals surface area (Å²) in [6.07, 6.45) is 3.41. The van der Waals surface area contributed by atoms with E-state index in [1.54, 1.807) is 12.5 Å². The van der Waals surface area contributed by atoms with E-state index in [-0.39, 0.29) is 0 Å². The molecule has 0 aliphatic heterocycles. The summed E-state index contributed by atoms with van der Waals surface area (Å²) in [4.78, 5) is 4.56. The highest BCUT2D eigenvalue weighted by Crippen LogP contribution is 2.19. The average molecular weight is 288 g/mol. The Labute approximate surface area is 126 Å². The van der Waals surface area contributed by atoms with Crippen molar-refractivity contribution in [2.75, 3.05) is 5.43 Å². The molecule has 22 heavy (non-hydrogen) atoms. The minimum atomic E-state index is 0.573. The van der Waals surface area contributed by atoms with Crippen LogP contribution in [0.1, 0.15) is 5.56 Å². The number of rotatable bonds is 3. The summed E-state index contributed by atoms with van der Waals surface area (Å²) in [6.45, 7) is 0. The van der Waals surface area contributed by atoms with Gasteiger partial charge in [-0.15, -0.1) is 10.2 Å². The highest BCUT2D eigenvalue weighted by atomic mass is 15.3. The van der Waals surface area contributed by atoms with Crippen LogP contribution < -0.4 is 5.43 Å². The quantitative estimate of drug-likeness (QED) is 0.465. The summed E-state index contributed by atoms with van der Waals surface area (Å²) in [7, 11) is 0. The van der Waals surface area contributed by atoms with Gasteiger partial charge in [-0.2, -0.15) is 5.10 Å². The second kappa shape index (κ2) is 5.25. The first-order chi connectivity index (χ1) is 10.9. The van der Waals surface area contributed by atoms with Gasteiger partial charge in [-0.25, -0.2) is 4.98 Å². The van der Waals surface area contributed by atoms with Gasteiger partial charge in [0.25, 0.3) is 0 Å². The third kappa shape index (κ3) is 2.16. The number of hydrazone groups is 1. The van der Waals surface area contributed by atoms with Gasteiger partial charge in [0.05, 0.1) is 17.2 Å². The third-order valence-corrected chi connectivity index (χ3v) is 3.32. The Morgan fingerprint density at radius 2 is 1.82 bits per heavy atom. The lowest BCUT2D eigenvalue weighted by molar-refractivity contribution is 1.11. The molecule has 2 aromatic heterocycles. The second-order valence-electron chi connectivity index (χ2n) is 4.75. The molecule has 6 nitrogen and oxygen atoms in total. The van der Waals surface area contributed by atoms with Gasteiger partial charge in [-0.05, 0) is 17.7 Å². The van der Waals surface area contributed by atoms with E-state index in [9.17, 15) is 0 Å². The first-order valence-corrected chi connectivity index (χ1v) is 6.84. The summed E-state index contributed by atoms with van der Waals surface area (Å²) < 4.78 is 1.89. The fraction of sp³-hybridized carbons (Fsp3) is 0. The Bertz CT molecular complexity index is 958. The lowest BCUT2D eigenvalue weighted by Gasteiger charge is -2.05. The Balaban J connectivity index is 1.74. The van der Waals surface area contributed by atoms with Gasteiger partial charge < -0.3 is 0 Å². The van der Waals surface area contributed by atoms with Gasteiger partial charge in [-0.3, -0.25) is 9.83 Å². The maximum atomic E-state index is 4.56. The van der Waals surface area contributed by atoms with E-state index in [1.807, 2.05) is 59.0 Å². The van der Waals surface area contributed by atoms with E-state index < -0.39 is 0 Å².